The van der Waals surface area contributed by atoms with E-state index in [0.29, 0.717) is 5.69 Å². The number of aliphatic hydroxyl groups excluding tert-OH is 1. The van der Waals surface area contributed by atoms with Gasteiger partial charge in [-0.15, -0.1) is 0 Å². The second-order valence-electron chi connectivity index (χ2n) is 6.03. The second-order valence-corrected chi connectivity index (χ2v) is 6.03. The molecule has 2 rings (SSSR count). The van der Waals surface area contributed by atoms with Crippen LogP contribution in [0.1, 0.15) is 21.5 Å². The van der Waals surface area contributed by atoms with Crippen molar-refractivity contribution in [3.63, 3.8) is 0 Å². The second kappa shape index (κ2) is 9.47. The van der Waals surface area contributed by atoms with Crippen LogP contribution in [0.5, 0.6) is 0 Å². The van der Waals surface area contributed by atoms with E-state index in [0.717, 1.165) is 17.2 Å². The van der Waals surface area contributed by atoms with Gasteiger partial charge >= 0.3 is 5.97 Å². The number of rotatable bonds is 8. The summed E-state index contributed by atoms with van der Waals surface area (Å²) in [5.74, 6) is -1.41. The summed E-state index contributed by atoms with van der Waals surface area (Å²) in [5, 5.41) is 25.4. The summed E-state index contributed by atoms with van der Waals surface area (Å²) in [7, 11) is 0. The Morgan fingerprint density at radius 2 is 1.86 bits per heavy atom. The molecule has 3 N–H and O–H groups in total. The number of nitrogens with one attached hydrogen (secondary N) is 2. The standard InChI is InChI=1S/C19H21N3O6/c1-12-4-3-5-13(2)18(12)21-17(24)11-28-19(25)15-10-14(22(26)27)6-7-16(15)20-8-9-23/h3-7,10,20,23H,8-9,11H2,1-2H3,(H,21,24). The van der Waals surface area contributed by atoms with Crippen molar-refractivity contribution in [2.24, 2.45) is 0 Å². The van der Waals surface area contributed by atoms with Crippen molar-refractivity contribution >= 4 is 28.9 Å². The van der Waals surface area contributed by atoms with Gasteiger partial charge in [0.1, 0.15) is 0 Å². The van der Waals surface area contributed by atoms with Crippen molar-refractivity contribution in [1.82, 2.24) is 0 Å². The van der Waals surface area contributed by atoms with E-state index >= 15 is 0 Å². The first-order valence-electron chi connectivity index (χ1n) is 8.50. The fraction of sp³-hybridized carbons (Fsp3) is 0.263. The third-order valence-corrected chi connectivity index (χ3v) is 3.94. The minimum absolute atomic E-state index is 0.0949. The van der Waals surface area contributed by atoms with E-state index in [1.54, 1.807) is 0 Å². The summed E-state index contributed by atoms with van der Waals surface area (Å²) < 4.78 is 5.02. The van der Waals surface area contributed by atoms with Gasteiger partial charge in [0, 0.05) is 30.1 Å². The first kappa shape index (κ1) is 20.8. The fourth-order valence-corrected chi connectivity index (χ4v) is 2.56. The largest absolute Gasteiger partial charge is 0.452 e. The molecule has 2 aromatic carbocycles. The number of esters is 1. The van der Waals surface area contributed by atoms with Gasteiger partial charge in [0.05, 0.1) is 17.1 Å². The maximum atomic E-state index is 12.4. The molecule has 0 aliphatic rings. The van der Waals surface area contributed by atoms with Crippen molar-refractivity contribution in [2.75, 3.05) is 30.4 Å². The summed E-state index contributed by atoms with van der Waals surface area (Å²) in [5.41, 5.74) is 2.26. The normalized spacial score (nSPS) is 10.2. The topological polar surface area (TPSA) is 131 Å². The SMILES string of the molecule is Cc1cccc(C)c1NC(=O)COC(=O)c1cc([N+](=O)[O-])ccc1NCCO. The molecule has 28 heavy (non-hydrogen) atoms. The highest BCUT2D eigenvalue weighted by Crippen LogP contribution is 2.23. The van der Waals surface area contributed by atoms with Gasteiger partial charge in [-0.1, -0.05) is 18.2 Å². The summed E-state index contributed by atoms with van der Waals surface area (Å²) in [6.07, 6.45) is 0. The lowest BCUT2D eigenvalue weighted by Crippen LogP contribution is -2.22. The van der Waals surface area contributed by atoms with Crippen molar-refractivity contribution in [3.8, 4) is 0 Å². The predicted molar refractivity (Wildman–Crippen MR) is 104 cm³/mol. The molecule has 0 aromatic heterocycles. The molecule has 1 amide bonds. The molecule has 0 radical (unpaired) electrons. The number of carbonyl (C=O) groups is 2. The van der Waals surface area contributed by atoms with Crippen LogP contribution in [-0.2, 0) is 9.53 Å². The highest BCUT2D eigenvalue weighted by atomic mass is 16.6. The fourth-order valence-electron chi connectivity index (χ4n) is 2.56. The van der Waals surface area contributed by atoms with E-state index in [1.165, 1.54) is 12.1 Å². The number of aliphatic hydroxyl groups is 1. The smallest absolute Gasteiger partial charge is 0.341 e. The number of aryl methyl sites for hydroxylation is 2. The summed E-state index contributed by atoms with van der Waals surface area (Å²) in [6.45, 7) is 3.09. The highest BCUT2D eigenvalue weighted by Gasteiger charge is 2.19. The highest BCUT2D eigenvalue weighted by molar-refractivity contribution is 5.99. The number of carbonyl (C=O) groups excluding carboxylic acids is 2. The van der Waals surface area contributed by atoms with Crippen molar-refractivity contribution in [3.05, 3.63) is 63.2 Å². The van der Waals surface area contributed by atoms with Crippen LogP contribution in [0, 0.1) is 24.0 Å². The van der Waals surface area contributed by atoms with E-state index in [1.807, 2.05) is 32.0 Å². The number of nitro groups is 1. The van der Waals surface area contributed by atoms with E-state index in [4.69, 9.17) is 9.84 Å². The quantitative estimate of drug-likeness (QED) is 0.360. The number of nitrogens with zero attached hydrogens (tertiary/aromatic N) is 1. The molecule has 0 unspecified atom stereocenters. The van der Waals surface area contributed by atoms with Crippen LogP contribution in [0.25, 0.3) is 0 Å². The van der Waals surface area contributed by atoms with E-state index < -0.39 is 23.4 Å². The Kier molecular flexibility index (Phi) is 7.05. The molecule has 9 heteroatoms. The lowest BCUT2D eigenvalue weighted by Gasteiger charge is -2.13. The Morgan fingerprint density at radius 3 is 2.46 bits per heavy atom. The van der Waals surface area contributed by atoms with Crippen molar-refractivity contribution in [2.45, 2.75) is 13.8 Å². The number of non-ortho nitro benzene ring substituents is 1. The van der Waals surface area contributed by atoms with Crippen LogP contribution in [0.2, 0.25) is 0 Å². The molecule has 2 aromatic rings. The minimum atomic E-state index is -0.888. The maximum Gasteiger partial charge on any atom is 0.341 e. The first-order chi connectivity index (χ1) is 13.3. The zero-order chi connectivity index (χ0) is 20.7. The lowest BCUT2D eigenvalue weighted by atomic mass is 10.1. The number of hydrogen-bond donors (Lipinski definition) is 3. The molecular formula is C19H21N3O6. The number of anilines is 2. The Morgan fingerprint density at radius 1 is 1.18 bits per heavy atom. The van der Waals surface area contributed by atoms with Gasteiger partial charge in [0.25, 0.3) is 11.6 Å². The van der Waals surface area contributed by atoms with E-state index in [2.05, 4.69) is 10.6 Å². The molecule has 0 aliphatic carbocycles. The monoisotopic (exact) mass is 387 g/mol. The Bertz CT molecular complexity index is 877. The minimum Gasteiger partial charge on any atom is -0.452 e. The van der Waals surface area contributed by atoms with E-state index in [-0.39, 0.29) is 30.1 Å². The number of nitro benzene ring substituents is 1. The average molecular weight is 387 g/mol. The molecular weight excluding hydrogens is 366 g/mol. The van der Waals surface area contributed by atoms with Gasteiger partial charge in [-0.2, -0.15) is 0 Å². The Balaban J connectivity index is 2.10. The predicted octanol–water partition coefficient (Wildman–Crippen LogP) is 2.41. The van der Waals surface area contributed by atoms with Gasteiger partial charge in [0.2, 0.25) is 0 Å². The number of para-hydroxylation sites is 1. The number of hydrogen-bond acceptors (Lipinski definition) is 7. The molecule has 9 nitrogen and oxygen atoms in total. The summed E-state index contributed by atoms with van der Waals surface area (Å²) in [4.78, 5) is 34.8. The summed E-state index contributed by atoms with van der Waals surface area (Å²) in [6, 6.07) is 9.19. The maximum absolute atomic E-state index is 12.4. The van der Waals surface area contributed by atoms with Gasteiger partial charge < -0.3 is 20.5 Å². The molecule has 0 fully saturated rings. The number of benzene rings is 2. The number of amides is 1. The van der Waals surface area contributed by atoms with Crippen LogP contribution in [0.4, 0.5) is 17.1 Å². The molecule has 148 valence electrons. The lowest BCUT2D eigenvalue weighted by molar-refractivity contribution is -0.384. The molecule has 0 saturated heterocycles. The van der Waals surface area contributed by atoms with Crippen LogP contribution < -0.4 is 10.6 Å². The molecule has 0 aliphatic heterocycles. The summed E-state index contributed by atoms with van der Waals surface area (Å²) >= 11 is 0. The molecule has 0 atom stereocenters. The van der Waals surface area contributed by atoms with Crippen molar-refractivity contribution in [1.29, 1.82) is 0 Å². The van der Waals surface area contributed by atoms with Crippen LogP contribution in [0.3, 0.4) is 0 Å². The Hall–Kier alpha value is -3.46. The van der Waals surface area contributed by atoms with Gasteiger partial charge in [-0.3, -0.25) is 14.9 Å². The average Bonchev–Trinajstić information content (AvgIpc) is 2.67. The zero-order valence-electron chi connectivity index (χ0n) is 15.5. The molecule has 0 heterocycles. The number of ether oxygens (including phenoxy) is 1. The Labute approximate surface area is 161 Å². The van der Waals surface area contributed by atoms with Crippen LogP contribution >= 0.6 is 0 Å². The molecule has 0 bridgehead atoms. The van der Waals surface area contributed by atoms with Gasteiger partial charge in [-0.25, -0.2) is 4.79 Å². The van der Waals surface area contributed by atoms with Gasteiger partial charge in [-0.05, 0) is 31.0 Å². The third kappa shape index (κ3) is 5.27. The third-order valence-electron chi connectivity index (χ3n) is 3.94. The zero-order valence-corrected chi connectivity index (χ0v) is 15.5. The molecule has 0 spiro atoms. The molecule has 0 saturated carbocycles. The first-order valence-corrected chi connectivity index (χ1v) is 8.50. The van der Waals surface area contributed by atoms with Crippen LogP contribution in [-0.4, -0.2) is 41.7 Å². The van der Waals surface area contributed by atoms with Crippen LogP contribution in [0.15, 0.2) is 36.4 Å². The van der Waals surface area contributed by atoms with Gasteiger partial charge in [0.15, 0.2) is 6.61 Å². The van der Waals surface area contributed by atoms with E-state index in [9.17, 15) is 19.7 Å². The van der Waals surface area contributed by atoms with Crippen molar-refractivity contribution < 1.29 is 24.4 Å².